The van der Waals surface area contributed by atoms with Crippen LogP contribution in [0.3, 0.4) is 0 Å². The van der Waals surface area contributed by atoms with Gasteiger partial charge in [0.2, 0.25) is 11.6 Å². The van der Waals surface area contributed by atoms with Gasteiger partial charge in [0.1, 0.15) is 11.4 Å². The largest absolute Gasteiger partial charge is 2.00 e. The molecule has 0 bridgehead atoms. The van der Waals surface area contributed by atoms with Crippen LogP contribution in [0.1, 0.15) is 31.8 Å². The van der Waals surface area contributed by atoms with Crippen molar-refractivity contribution in [2.45, 2.75) is 0 Å². The number of nitrogens with zero attached hydrogens (tertiary/aromatic N) is 2. The Balaban J connectivity index is 0.000000280. The minimum atomic E-state index is -0.237. The quantitative estimate of drug-likeness (QED) is 0.0769. The molecule has 0 spiro atoms. The summed E-state index contributed by atoms with van der Waals surface area (Å²) in [6.45, 7) is 0. The van der Waals surface area contributed by atoms with Crippen LogP contribution in [0.2, 0.25) is 0 Å². The first-order valence-corrected chi connectivity index (χ1v) is 12.7. The maximum atomic E-state index is 12.5. The summed E-state index contributed by atoms with van der Waals surface area (Å²) in [6.07, 6.45) is 0. The molecule has 4 rings (SSSR count). The van der Waals surface area contributed by atoms with Crippen LogP contribution in [0.5, 0.6) is 0 Å². The van der Waals surface area contributed by atoms with Crippen molar-refractivity contribution in [2.75, 3.05) is 0 Å². The number of Topliss-reactive ketones (excluding diaryl/α,β-unsaturated/α-hetero) is 2. The standard InChI is InChI=1S/2C15H13N3OS.Ni/c2*16-15(20)18-17-13(11-7-3-1-4-8-11)14(19)12-9-5-2-6-10-12;/h2*1-10H,(H3,16,18,19,20);/q;;+2/p-2. The van der Waals surface area contributed by atoms with Gasteiger partial charge in [0.25, 0.3) is 0 Å². The van der Waals surface area contributed by atoms with E-state index in [1.807, 2.05) is 48.5 Å². The Morgan fingerprint density at radius 1 is 0.488 bits per heavy atom. The summed E-state index contributed by atoms with van der Waals surface area (Å²) in [5, 5.41) is 7.44. The van der Waals surface area contributed by atoms with Gasteiger partial charge in [-0.25, -0.2) is 0 Å². The van der Waals surface area contributed by atoms with Gasteiger partial charge < -0.3 is 22.3 Å². The van der Waals surface area contributed by atoms with Crippen molar-refractivity contribution in [3.05, 3.63) is 155 Å². The molecule has 0 amide bonds. The molecule has 0 unspecified atom stereocenters. The Kier molecular flexibility index (Phi) is 13.7. The van der Waals surface area contributed by atoms with E-state index >= 15 is 0 Å². The third-order valence-electron chi connectivity index (χ3n) is 5.14. The summed E-state index contributed by atoms with van der Waals surface area (Å²) in [5.74, 6) is -0.443. The van der Waals surface area contributed by atoms with E-state index in [2.05, 4.69) is 45.5 Å². The summed E-state index contributed by atoms with van der Waals surface area (Å²) >= 11 is 9.21. The predicted molar refractivity (Wildman–Crippen MR) is 168 cm³/mol. The molecule has 0 atom stereocenters. The molecule has 41 heavy (non-hydrogen) atoms. The molecule has 0 saturated heterocycles. The van der Waals surface area contributed by atoms with Gasteiger partial charge in [0.15, 0.2) is 0 Å². The summed E-state index contributed by atoms with van der Waals surface area (Å²) in [6, 6.07) is 35.9. The molecule has 0 aliphatic carbocycles. The van der Waals surface area contributed by atoms with Crippen LogP contribution < -0.4 is 10.9 Å². The summed E-state index contributed by atoms with van der Waals surface area (Å²) in [5.41, 5.74) is 22.0. The minimum Gasteiger partial charge on any atom is -0.472 e. The average Bonchev–Trinajstić information content (AvgIpc) is 2.99. The molecule has 208 valence electrons. The molecule has 4 aromatic rings. The molecule has 4 N–H and O–H groups in total. The number of hydrogen-bond donors (Lipinski definition) is 2. The Morgan fingerprint density at radius 2 is 0.732 bits per heavy atom. The number of thiocarbonyl (C=S) groups is 2. The molecule has 11 heteroatoms. The monoisotopic (exact) mass is 622 g/mol. The molecular weight excluding hydrogens is 599 g/mol. The van der Waals surface area contributed by atoms with Crippen LogP contribution in [0.15, 0.2) is 132 Å². The number of carbonyl (C=O) groups is 2. The average molecular weight is 623 g/mol. The smallest absolute Gasteiger partial charge is 0.472 e. The number of ketones is 2. The minimum absolute atomic E-state index is 0. The van der Waals surface area contributed by atoms with Gasteiger partial charge in [-0.3, -0.25) is 19.8 Å². The first-order chi connectivity index (χ1) is 19.4. The first kappa shape index (κ1) is 32.6. The van der Waals surface area contributed by atoms with E-state index in [1.54, 1.807) is 72.8 Å². The topological polar surface area (TPSA) is 131 Å². The molecule has 0 aliphatic heterocycles. The van der Waals surface area contributed by atoms with Crippen molar-refractivity contribution in [3.63, 3.8) is 0 Å². The second-order valence-electron chi connectivity index (χ2n) is 7.93. The molecule has 0 fully saturated rings. The van der Waals surface area contributed by atoms with Crippen LogP contribution in [0.25, 0.3) is 11.5 Å². The number of rotatable bonds is 8. The Labute approximate surface area is 258 Å². The van der Waals surface area contributed by atoms with E-state index in [0.717, 1.165) is 0 Å². The number of hydrazone groups is 2. The van der Waals surface area contributed by atoms with Crippen LogP contribution in [0, 0.1) is 0 Å². The van der Waals surface area contributed by atoms with E-state index in [1.165, 1.54) is 0 Å². The van der Waals surface area contributed by atoms with Gasteiger partial charge in [0.05, 0.1) is 0 Å². The third kappa shape index (κ3) is 10.5. The Hall–Kier alpha value is -4.57. The zero-order valence-corrected chi connectivity index (χ0v) is 24.0. The number of nitrogens with one attached hydrogen (secondary N) is 4. The fraction of sp³-hybridized carbons (Fsp3) is 0. The van der Waals surface area contributed by atoms with E-state index in [4.69, 9.17) is 11.5 Å². The maximum Gasteiger partial charge on any atom is 2.00 e. The van der Waals surface area contributed by atoms with Gasteiger partial charge >= 0.3 is 16.5 Å². The molecule has 0 heterocycles. The Bertz CT molecular complexity index is 1400. The van der Waals surface area contributed by atoms with Crippen molar-refractivity contribution in [3.8, 4) is 0 Å². The summed E-state index contributed by atoms with van der Waals surface area (Å²) < 4.78 is 0. The van der Waals surface area contributed by atoms with Gasteiger partial charge in [-0.1, -0.05) is 146 Å². The fourth-order valence-corrected chi connectivity index (χ4v) is 3.44. The van der Waals surface area contributed by atoms with Gasteiger partial charge in [-0.05, 0) is 0 Å². The second-order valence-corrected chi connectivity index (χ2v) is 8.74. The van der Waals surface area contributed by atoms with Crippen LogP contribution in [-0.4, -0.2) is 33.2 Å². The van der Waals surface area contributed by atoms with Crippen LogP contribution in [-0.2, 0) is 16.5 Å². The first-order valence-electron chi connectivity index (χ1n) is 11.9. The fourth-order valence-electron chi connectivity index (χ4n) is 3.35. The zero-order valence-electron chi connectivity index (χ0n) is 21.4. The second kappa shape index (κ2) is 17.2. The predicted octanol–water partition coefficient (Wildman–Crippen LogP) is 6.40. The maximum absolute atomic E-state index is 12.5. The molecule has 0 aromatic heterocycles. The number of hydrogen-bond acceptors (Lipinski definition) is 6. The molecule has 0 aliphatic rings. The third-order valence-corrected chi connectivity index (χ3v) is 5.32. The molecule has 0 saturated carbocycles. The van der Waals surface area contributed by atoms with E-state index in [9.17, 15) is 9.59 Å². The van der Waals surface area contributed by atoms with Crippen molar-refractivity contribution in [2.24, 2.45) is 10.2 Å². The molecule has 4 aromatic carbocycles. The molecule has 8 nitrogen and oxygen atoms in total. The normalized spacial score (nSPS) is 10.6. The van der Waals surface area contributed by atoms with E-state index < -0.39 is 0 Å². The van der Waals surface area contributed by atoms with Crippen molar-refractivity contribution in [1.29, 1.82) is 0 Å². The molecule has 0 radical (unpaired) electrons. The van der Waals surface area contributed by atoms with Gasteiger partial charge in [-0.15, -0.1) is 0 Å². The zero-order chi connectivity index (χ0) is 28.7. The van der Waals surface area contributed by atoms with Crippen LogP contribution >= 0.6 is 24.4 Å². The SMILES string of the molecule is [NH-]C(=S)N/N=C(/C(=O)c1ccccc1)c1ccccc1.[NH-]C(=S)N/N=C(/C(=O)c1ccccc1)c1ccccc1.[Ni+2]. The van der Waals surface area contributed by atoms with Gasteiger partial charge in [0, 0.05) is 32.5 Å². The van der Waals surface area contributed by atoms with Crippen molar-refractivity contribution in [1.82, 2.24) is 10.9 Å². The summed E-state index contributed by atoms with van der Waals surface area (Å²) in [7, 11) is 0. The number of carbonyl (C=O) groups excluding carboxylic acids is 2. The summed E-state index contributed by atoms with van der Waals surface area (Å²) in [4.78, 5) is 25.0. The van der Waals surface area contributed by atoms with E-state index in [0.29, 0.717) is 22.3 Å². The van der Waals surface area contributed by atoms with Crippen molar-refractivity contribution >= 4 is 57.7 Å². The molecular formula is C30H24N6NiO2S2. The van der Waals surface area contributed by atoms with Gasteiger partial charge in [-0.2, -0.15) is 0 Å². The van der Waals surface area contributed by atoms with E-state index in [-0.39, 0.29) is 49.7 Å². The Morgan fingerprint density at radius 3 is 0.976 bits per heavy atom. The van der Waals surface area contributed by atoms with Crippen LogP contribution in [0.4, 0.5) is 0 Å². The van der Waals surface area contributed by atoms with Crippen molar-refractivity contribution < 1.29 is 26.1 Å². The number of benzene rings is 4.